The van der Waals surface area contributed by atoms with Crippen LogP contribution in [0.2, 0.25) is 0 Å². The summed E-state index contributed by atoms with van der Waals surface area (Å²) in [5.41, 5.74) is 4.51. The summed E-state index contributed by atoms with van der Waals surface area (Å²) in [7, 11) is -4.00. The Labute approximate surface area is 103 Å². The number of nitro groups is 1. The molecule has 0 radical (unpaired) electrons. The van der Waals surface area contributed by atoms with Gasteiger partial charge in [-0.2, -0.15) is 0 Å². The summed E-state index contributed by atoms with van der Waals surface area (Å²) in [5.74, 6) is -0.846. The first-order valence-corrected chi connectivity index (χ1v) is 6.26. The van der Waals surface area contributed by atoms with Crippen molar-refractivity contribution in [2.45, 2.75) is 11.8 Å². The standard InChI is InChI=1S/C9H11N3O5S/c1-6-7(12(14)15)3-2-4-8(6)18(16,17)11-5-9(10)13/h2-4,11H,5H2,1H3,(H2,10,13). The Hall–Kier alpha value is -2.00. The van der Waals surface area contributed by atoms with E-state index in [4.69, 9.17) is 5.73 Å². The van der Waals surface area contributed by atoms with Crippen LogP contribution in [0.25, 0.3) is 0 Å². The Morgan fingerprint density at radius 2 is 2.11 bits per heavy atom. The minimum Gasteiger partial charge on any atom is -0.369 e. The smallest absolute Gasteiger partial charge is 0.273 e. The molecule has 0 fully saturated rings. The van der Waals surface area contributed by atoms with Gasteiger partial charge in [-0.25, -0.2) is 13.1 Å². The van der Waals surface area contributed by atoms with Crippen LogP contribution >= 0.6 is 0 Å². The average Bonchev–Trinajstić information content (AvgIpc) is 2.26. The van der Waals surface area contributed by atoms with E-state index in [1.807, 2.05) is 4.72 Å². The van der Waals surface area contributed by atoms with Crippen molar-refractivity contribution in [3.63, 3.8) is 0 Å². The van der Waals surface area contributed by atoms with E-state index < -0.39 is 27.4 Å². The maximum atomic E-state index is 11.8. The van der Waals surface area contributed by atoms with Crippen LogP contribution in [0, 0.1) is 17.0 Å². The molecule has 3 N–H and O–H groups in total. The Balaban J connectivity index is 3.21. The van der Waals surface area contributed by atoms with E-state index in [9.17, 15) is 23.3 Å². The maximum absolute atomic E-state index is 11.8. The molecule has 0 saturated heterocycles. The summed E-state index contributed by atoms with van der Waals surface area (Å²) in [6, 6.07) is 3.66. The highest BCUT2D eigenvalue weighted by Gasteiger charge is 2.22. The fourth-order valence-electron chi connectivity index (χ4n) is 1.34. The van der Waals surface area contributed by atoms with E-state index in [1.165, 1.54) is 25.1 Å². The lowest BCUT2D eigenvalue weighted by Gasteiger charge is -2.07. The molecule has 1 aromatic rings. The number of nitro benzene ring substituents is 1. The number of benzene rings is 1. The minimum atomic E-state index is -4.00. The monoisotopic (exact) mass is 273 g/mol. The van der Waals surface area contributed by atoms with Crippen LogP contribution in [0.3, 0.4) is 0 Å². The Bertz CT molecular complexity index is 596. The molecular formula is C9H11N3O5S. The molecule has 0 spiro atoms. The topological polar surface area (TPSA) is 132 Å². The predicted molar refractivity (Wildman–Crippen MR) is 62.2 cm³/mol. The molecule has 0 aliphatic rings. The lowest BCUT2D eigenvalue weighted by molar-refractivity contribution is -0.385. The van der Waals surface area contributed by atoms with Crippen molar-refractivity contribution in [3.8, 4) is 0 Å². The summed E-state index contributed by atoms with van der Waals surface area (Å²) in [6.07, 6.45) is 0. The Kier molecular flexibility index (Phi) is 3.99. The van der Waals surface area contributed by atoms with Gasteiger partial charge >= 0.3 is 0 Å². The number of nitrogens with zero attached hydrogens (tertiary/aromatic N) is 1. The summed E-state index contributed by atoms with van der Waals surface area (Å²) >= 11 is 0. The number of hydrogen-bond acceptors (Lipinski definition) is 5. The first kappa shape index (κ1) is 14.1. The molecule has 0 atom stereocenters. The summed E-state index contributed by atoms with van der Waals surface area (Å²) in [4.78, 5) is 20.3. The number of nitrogens with one attached hydrogen (secondary N) is 1. The number of hydrogen-bond donors (Lipinski definition) is 2. The molecule has 18 heavy (non-hydrogen) atoms. The van der Waals surface area contributed by atoms with Crippen LogP contribution in [-0.4, -0.2) is 25.8 Å². The molecule has 0 heterocycles. The zero-order valence-electron chi connectivity index (χ0n) is 9.41. The number of sulfonamides is 1. The highest BCUT2D eigenvalue weighted by atomic mass is 32.2. The van der Waals surface area contributed by atoms with Crippen molar-refractivity contribution in [1.29, 1.82) is 0 Å². The molecule has 0 saturated carbocycles. The van der Waals surface area contributed by atoms with Gasteiger partial charge in [0.1, 0.15) is 0 Å². The highest BCUT2D eigenvalue weighted by Crippen LogP contribution is 2.24. The second kappa shape index (κ2) is 5.10. The zero-order chi connectivity index (χ0) is 13.9. The fourth-order valence-corrected chi connectivity index (χ4v) is 2.59. The quantitative estimate of drug-likeness (QED) is 0.559. The van der Waals surface area contributed by atoms with Crippen molar-refractivity contribution in [2.75, 3.05) is 6.54 Å². The van der Waals surface area contributed by atoms with Gasteiger partial charge in [0.15, 0.2) is 0 Å². The number of carbonyl (C=O) groups excluding carboxylic acids is 1. The first-order valence-electron chi connectivity index (χ1n) is 4.77. The number of rotatable bonds is 5. The Morgan fingerprint density at radius 1 is 1.50 bits per heavy atom. The van der Waals surface area contributed by atoms with E-state index >= 15 is 0 Å². The Morgan fingerprint density at radius 3 is 2.61 bits per heavy atom. The number of amides is 1. The fraction of sp³-hybridized carbons (Fsp3) is 0.222. The lowest BCUT2D eigenvalue weighted by atomic mass is 10.2. The van der Waals surface area contributed by atoms with Gasteiger partial charge in [0.05, 0.1) is 16.4 Å². The van der Waals surface area contributed by atoms with Crippen molar-refractivity contribution >= 4 is 21.6 Å². The molecule has 1 rings (SSSR count). The number of nitrogens with two attached hydrogens (primary N) is 1. The van der Waals surface area contributed by atoms with Crippen LogP contribution in [0.4, 0.5) is 5.69 Å². The molecule has 8 nitrogen and oxygen atoms in total. The third kappa shape index (κ3) is 3.02. The molecule has 0 aliphatic heterocycles. The summed E-state index contributed by atoms with van der Waals surface area (Å²) in [6.45, 7) is 0.751. The van der Waals surface area contributed by atoms with Gasteiger partial charge in [0.2, 0.25) is 15.9 Å². The van der Waals surface area contributed by atoms with Crippen LogP contribution in [0.15, 0.2) is 23.1 Å². The molecule has 0 aliphatic carbocycles. The first-order chi connectivity index (χ1) is 8.25. The van der Waals surface area contributed by atoms with Crippen LogP contribution in [-0.2, 0) is 14.8 Å². The van der Waals surface area contributed by atoms with E-state index in [0.717, 1.165) is 0 Å². The third-order valence-corrected chi connectivity index (χ3v) is 3.72. The lowest BCUT2D eigenvalue weighted by Crippen LogP contribution is -2.33. The van der Waals surface area contributed by atoms with Gasteiger partial charge in [0, 0.05) is 11.6 Å². The second-order valence-corrected chi connectivity index (χ2v) is 5.18. The van der Waals surface area contributed by atoms with E-state index in [0.29, 0.717) is 0 Å². The molecule has 1 aromatic carbocycles. The highest BCUT2D eigenvalue weighted by molar-refractivity contribution is 7.89. The predicted octanol–water partition coefficient (Wildman–Crippen LogP) is -0.333. The van der Waals surface area contributed by atoms with Crippen molar-refractivity contribution < 1.29 is 18.1 Å². The van der Waals surface area contributed by atoms with E-state index in [1.54, 1.807) is 0 Å². The summed E-state index contributed by atoms with van der Waals surface area (Å²) < 4.78 is 25.5. The third-order valence-electron chi connectivity index (χ3n) is 2.18. The minimum absolute atomic E-state index is 0.000490. The van der Waals surface area contributed by atoms with Gasteiger partial charge in [0.25, 0.3) is 5.69 Å². The molecule has 9 heteroatoms. The largest absolute Gasteiger partial charge is 0.369 e. The van der Waals surface area contributed by atoms with Crippen LogP contribution in [0.1, 0.15) is 5.56 Å². The van der Waals surface area contributed by atoms with Crippen molar-refractivity contribution in [1.82, 2.24) is 4.72 Å². The van der Waals surface area contributed by atoms with Crippen LogP contribution < -0.4 is 10.5 Å². The van der Waals surface area contributed by atoms with E-state index in [2.05, 4.69) is 0 Å². The van der Waals surface area contributed by atoms with Crippen molar-refractivity contribution in [2.24, 2.45) is 5.73 Å². The molecule has 1 amide bonds. The molecule has 0 aromatic heterocycles. The van der Waals surface area contributed by atoms with Gasteiger partial charge in [-0.1, -0.05) is 6.07 Å². The average molecular weight is 273 g/mol. The van der Waals surface area contributed by atoms with Gasteiger partial charge in [-0.3, -0.25) is 14.9 Å². The van der Waals surface area contributed by atoms with Gasteiger partial charge in [-0.15, -0.1) is 0 Å². The molecular weight excluding hydrogens is 262 g/mol. The molecule has 98 valence electrons. The molecule has 0 unspecified atom stereocenters. The summed E-state index contributed by atoms with van der Waals surface area (Å²) in [5, 5.41) is 10.7. The second-order valence-electron chi connectivity index (χ2n) is 3.45. The zero-order valence-corrected chi connectivity index (χ0v) is 10.2. The van der Waals surface area contributed by atoms with E-state index in [-0.39, 0.29) is 16.1 Å². The van der Waals surface area contributed by atoms with Crippen LogP contribution in [0.5, 0.6) is 0 Å². The maximum Gasteiger partial charge on any atom is 0.273 e. The van der Waals surface area contributed by atoms with Gasteiger partial charge < -0.3 is 5.73 Å². The van der Waals surface area contributed by atoms with Gasteiger partial charge in [-0.05, 0) is 13.0 Å². The van der Waals surface area contributed by atoms with Crippen molar-refractivity contribution in [3.05, 3.63) is 33.9 Å². The number of carbonyl (C=O) groups is 1. The number of primary amides is 1. The normalized spacial score (nSPS) is 11.2. The molecule has 0 bridgehead atoms. The SMILES string of the molecule is Cc1c([N+](=O)[O-])cccc1S(=O)(=O)NCC(N)=O.